The molecule has 2 aromatic rings. The van der Waals surface area contributed by atoms with Crippen LogP contribution in [-0.2, 0) is 25.5 Å². The van der Waals surface area contributed by atoms with Gasteiger partial charge in [-0.3, -0.25) is 4.18 Å². The van der Waals surface area contributed by atoms with E-state index in [1.54, 1.807) is 13.0 Å². The van der Waals surface area contributed by atoms with E-state index in [0.717, 1.165) is 17.4 Å². The van der Waals surface area contributed by atoms with Gasteiger partial charge in [-0.25, -0.2) is 0 Å². The Morgan fingerprint density at radius 3 is 2.57 bits per heavy atom. The average Bonchev–Trinajstić information content (AvgIpc) is 2.92. The fourth-order valence-corrected chi connectivity index (χ4v) is 2.72. The van der Waals surface area contributed by atoms with Gasteiger partial charge >= 0.3 is 0 Å². The van der Waals surface area contributed by atoms with Crippen molar-refractivity contribution in [1.82, 2.24) is 5.16 Å². The molecule has 8 heteroatoms. The first kappa shape index (κ1) is 17.5. The summed E-state index contributed by atoms with van der Waals surface area (Å²) in [5, 5.41) is 3.78. The maximum absolute atomic E-state index is 11.1. The molecule has 0 bridgehead atoms. The zero-order valence-electron chi connectivity index (χ0n) is 13.2. The molecule has 0 aliphatic heterocycles. The van der Waals surface area contributed by atoms with Gasteiger partial charge < -0.3 is 14.0 Å². The maximum Gasteiger partial charge on any atom is 0.264 e. The molecule has 0 saturated carbocycles. The molecule has 0 N–H and O–H groups in total. The molecule has 23 heavy (non-hydrogen) atoms. The van der Waals surface area contributed by atoms with E-state index in [0.29, 0.717) is 18.1 Å². The summed E-state index contributed by atoms with van der Waals surface area (Å²) in [4.78, 5) is 0. The molecule has 0 fully saturated rings. The van der Waals surface area contributed by atoms with Gasteiger partial charge in [0.15, 0.2) is 12.6 Å². The van der Waals surface area contributed by atoms with Crippen LogP contribution in [0.3, 0.4) is 0 Å². The lowest BCUT2D eigenvalue weighted by atomic mass is 10.1. The monoisotopic (exact) mass is 341 g/mol. The van der Waals surface area contributed by atoms with Crippen LogP contribution in [-0.4, -0.2) is 39.8 Å². The first-order valence-electron chi connectivity index (χ1n) is 6.93. The summed E-state index contributed by atoms with van der Waals surface area (Å²) in [6.07, 6.45) is 1.11. The normalized spacial score (nSPS) is 13.0. The van der Waals surface area contributed by atoms with Gasteiger partial charge in [-0.15, -0.1) is 0 Å². The highest BCUT2D eigenvalue weighted by Gasteiger charge is 2.12. The summed E-state index contributed by atoms with van der Waals surface area (Å²) < 4.78 is 42.3. The molecular weight excluding hydrogens is 322 g/mol. The summed E-state index contributed by atoms with van der Waals surface area (Å²) in [5.41, 5.74) is 1.80. The van der Waals surface area contributed by atoms with Crippen LogP contribution in [0.1, 0.15) is 12.5 Å². The molecule has 0 aliphatic carbocycles. The molecule has 1 unspecified atom stereocenters. The van der Waals surface area contributed by atoms with Crippen molar-refractivity contribution in [2.75, 3.05) is 20.2 Å². The average molecular weight is 341 g/mol. The van der Waals surface area contributed by atoms with Gasteiger partial charge in [0.2, 0.25) is 0 Å². The third kappa shape index (κ3) is 5.66. The van der Waals surface area contributed by atoms with Gasteiger partial charge in [0.1, 0.15) is 0 Å². The lowest BCUT2D eigenvalue weighted by molar-refractivity contribution is 0.0453. The molecule has 1 heterocycles. The summed E-state index contributed by atoms with van der Waals surface area (Å²) in [6.45, 7) is 1.81. The smallest absolute Gasteiger partial charge is 0.264 e. The fourth-order valence-electron chi connectivity index (χ4n) is 2.05. The van der Waals surface area contributed by atoms with Crippen LogP contribution < -0.4 is 4.74 Å². The van der Waals surface area contributed by atoms with Gasteiger partial charge in [0, 0.05) is 18.7 Å². The minimum atomic E-state index is -3.45. The molecule has 0 spiro atoms. The highest BCUT2D eigenvalue weighted by atomic mass is 32.2. The Morgan fingerprint density at radius 2 is 1.96 bits per heavy atom. The Labute approximate surface area is 135 Å². The summed E-state index contributed by atoms with van der Waals surface area (Å²) in [7, 11) is -1.92. The van der Waals surface area contributed by atoms with E-state index >= 15 is 0 Å². The standard InChI is InChI=1S/C15H19NO6S/c1-11(22-23(3,17)18)8-12-4-6-13(7-5-12)14-9-15(16-21-14)20-10-19-2/h4-7,9,11H,8,10H2,1-3H3. The Bertz CT molecular complexity index is 723. The summed E-state index contributed by atoms with van der Waals surface area (Å²) in [6, 6.07) is 9.17. The third-order valence-corrected chi connectivity index (χ3v) is 3.59. The third-order valence-electron chi connectivity index (χ3n) is 2.91. The van der Waals surface area contributed by atoms with E-state index in [1.807, 2.05) is 24.3 Å². The van der Waals surface area contributed by atoms with Gasteiger partial charge in [0.25, 0.3) is 16.0 Å². The largest absolute Gasteiger partial charge is 0.448 e. The molecule has 7 nitrogen and oxygen atoms in total. The van der Waals surface area contributed by atoms with E-state index in [1.165, 1.54) is 7.11 Å². The molecule has 1 aromatic carbocycles. The first-order valence-corrected chi connectivity index (χ1v) is 8.75. The van der Waals surface area contributed by atoms with Crippen LogP contribution in [0, 0.1) is 0 Å². The van der Waals surface area contributed by atoms with Crippen LogP contribution in [0.5, 0.6) is 5.88 Å². The predicted molar refractivity (Wildman–Crippen MR) is 83.5 cm³/mol. The number of nitrogens with zero attached hydrogens (tertiary/aromatic N) is 1. The number of rotatable bonds is 8. The quantitative estimate of drug-likeness (QED) is 0.537. The Hall–Kier alpha value is -1.90. The fraction of sp³-hybridized carbons (Fsp3) is 0.400. The van der Waals surface area contributed by atoms with Gasteiger partial charge in [-0.05, 0) is 24.1 Å². The van der Waals surface area contributed by atoms with Crippen molar-refractivity contribution in [2.24, 2.45) is 0 Å². The Kier molecular flexibility index (Phi) is 5.75. The van der Waals surface area contributed by atoms with Crippen molar-refractivity contribution >= 4 is 10.1 Å². The molecule has 126 valence electrons. The number of ether oxygens (including phenoxy) is 2. The van der Waals surface area contributed by atoms with Crippen LogP contribution in [0.15, 0.2) is 34.9 Å². The topological polar surface area (TPSA) is 87.9 Å². The van der Waals surface area contributed by atoms with Crippen molar-refractivity contribution in [1.29, 1.82) is 0 Å². The van der Waals surface area contributed by atoms with Crippen LogP contribution >= 0.6 is 0 Å². The Morgan fingerprint density at radius 1 is 1.26 bits per heavy atom. The molecule has 1 aromatic heterocycles. The van der Waals surface area contributed by atoms with Crippen LogP contribution in [0.4, 0.5) is 0 Å². The SMILES string of the molecule is COCOc1cc(-c2ccc(CC(C)OS(C)(=O)=O)cc2)on1. The molecule has 0 radical (unpaired) electrons. The minimum absolute atomic E-state index is 0.100. The Balaban J connectivity index is 2.00. The van der Waals surface area contributed by atoms with Crippen molar-refractivity contribution in [3.05, 3.63) is 35.9 Å². The van der Waals surface area contributed by atoms with Crippen molar-refractivity contribution in [3.63, 3.8) is 0 Å². The van der Waals surface area contributed by atoms with E-state index in [4.69, 9.17) is 18.2 Å². The van der Waals surface area contributed by atoms with Crippen molar-refractivity contribution in [2.45, 2.75) is 19.4 Å². The maximum atomic E-state index is 11.1. The van der Waals surface area contributed by atoms with Crippen molar-refractivity contribution in [3.8, 4) is 17.2 Å². The molecule has 0 aliphatic rings. The number of benzene rings is 1. The van der Waals surface area contributed by atoms with E-state index in [-0.39, 0.29) is 6.79 Å². The molecule has 2 rings (SSSR count). The van der Waals surface area contributed by atoms with Gasteiger partial charge in [0.05, 0.1) is 12.4 Å². The second-order valence-corrected chi connectivity index (χ2v) is 6.69. The zero-order valence-corrected chi connectivity index (χ0v) is 14.0. The number of hydrogen-bond acceptors (Lipinski definition) is 7. The van der Waals surface area contributed by atoms with E-state index < -0.39 is 16.2 Å². The second kappa shape index (κ2) is 7.58. The minimum Gasteiger partial charge on any atom is -0.448 e. The molecule has 1 atom stereocenters. The highest BCUT2D eigenvalue weighted by Crippen LogP contribution is 2.24. The molecule has 0 saturated heterocycles. The zero-order chi connectivity index (χ0) is 16.9. The predicted octanol–water partition coefficient (Wildman–Crippen LogP) is 2.23. The highest BCUT2D eigenvalue weighted by molar-refractivity contribution is 7.86. The van der Waals surface area contributed by atoms with Crippen LogP contribution in [0.25, 0.3) is 11.3 Å². The number of methoxy groups -OCH3 is 1. The second-order valence-electron chi connectivity index (χ2n) is 5.09. The lowest BCUT2D eigenvalue weighted by Gasteiger charge is -2.11. The molecular formula is C15H19NO6S. The van der Waals surface area contributed by atoms with E-state index in [9.17, 15) is 8.42 Å². The van der Waals surface area contributed by atoms with Gasteiger partial charge in [-0.1, -0.05) is 24.3 Å². The van der Waals surface area contributed by atoms with Crippen molar-refractivity contribution < 1.29 is 26.6 Å². The van der Waals surface area contributed by atoms with E-state index in [2.05, 4.69) is 5.16 Å². The lowest BCUT2D eigenvalue weighted by Crippen LogP contribution is -2.16. The number of hydrogen-bond donors (Lipinski definition) is 0. The molecule has 0 amide bonds. The van der Waals surface area contributed by atoms with Crippen LogP contribution in [0.2, 0.25) is 0 Å². The summed E-state index contributed by atoms with van der Waals surface area (Å²) in [5.74, 6) is 0.921. The summed E-state index contributed by atoms with van der Waals surface area (Å²) >= 11 is 0. The first-order chi connectivity index (χ1) is 10.9. The number of aromatic nitrogens is 1. The van der Waals surface area contributed by atoms with Gasteiger partial charge in [-0.2, -0.15) is 8.42 Å².